The number of hydrogen-bond donors (Lipinski definition) is 1. The maximum absolute atomic E-state index is 10.2. The summed E-state index contributed by atoms with van der Waals surface area (Å²) < 4.78 is 6.12. The van der Waals surface area contributed by atoms with Gasteiger partial charge < -0.3 is 9.53 Å². The van der Waals surface area contributed by atoms with E-state index in [1.807, 2.05) is 0 Å². The first kappa shape index (κ1) is 14.2. The highest BCUT2D eigenvalue weighted by Crippen LogP contribution is 2.31. The van der Waals surface area contributed by atoms with Crippen molar-refractivity contribution in [1.82, 2.24) is 0 Å². The van der Waals surface area contributed by atoms with E-state index in [2.05, 4.69) is 20.8 Å². The molecule has 0 amide bonds. The van der Waals surface area contributed by atoms with Crippen LogP contribution < -0.4 is 0 Å². The molecule has 1 rings (SSSR count). The van der Waals surface area contributed by atoms with Crippen LogP contribution in [0.25, 0.3) is 0 Å². The van der Waals surface area contributed by atoms with Gasteiger partial charge in [-0.25, -0.2) is 0 Å². The fourth-order valence-electron chi connectivity index (χ4n) is 2.77. The molecule has 0 aromatic carbocycles. The van der Waals surface area contributed by atoms with E-state index in [0.717, 1.165) is 31.0 Å². The van der Waals surface area contributed by atoms with E-state index in [0.29, 0.717) is 5.92 Å². The standard InChI is InChI=1S/C13H28O2Si/c1-4-16(5-2,6-3)15-13(14)12-10-8-7-9-11-12/h12-14H,4-11H2,1-3H3. The molecule has 0 aromatic rings. The van der Waals surface area contributed by atoms with Crippen molar-refractivity contribution in [3.05, 3.63) is 0 Å². The van der Waals surface area contributed by atoms with Crippen LogP contribution in [0.3, 0.4) is 0 Å². The summed E-state index contributed by atoms with van der Waals surface area (Å²) in [6.07, 6.45) is 5.70. The van der Waals surface area contributed by atoms with Gasteiger partial charge in [-0.05, 0) is 31.0 Å². The lowest BCUT2D eigenvalue weighted by molar-refractivity contribution is -0.0803. The van der Waals surface area contributed by atoms with Gasteiger partial charge in [-0.15, -0.1) is 0 Å². The highest BCUT2D eigenvalue weighted by atomic mass is 28.4. The van der Waals surface area contributed by atoms with Crippen LogP contribution in [0.2, 0.25) is 18.1 Å². The average Bonchev–Trinajstić information content (AvgIpc) is 2.37. The minimum Gasteiger partial charge on any atom is -0.392 e. The second-order valence-electron chi connectivity index (χ2n) is 5.15. The molecule has 0 aromatic heterocycles. The number of rotatable bonds is 6. The van der Waals surface area contributed by atoms with Crippen LogP contribution in [-0.4, -0.2) is 19.7 Å². The van der Waals surface area contributed by atoms with Crippen LogP contribution in [0.15, 0.2) is 0 Å². The molecule has 1 fully saturated rings. The molecule has 0 heterocycles. The van der Waals surface area contributed by atoms with Crippen LogP contribution in [0.4, 0.5) is 0 Å². The Balaban J connectivity index is 2.49. The molecule has 0 bridgehead atoms. The molecule has 2 nitrogen and oxygen atoms in total. The van der Waals surface area contributed by atoms with Crippen LogP contribution in [0.5, 0.6) is 0 Å². The van der Waals surface area contributed by atoms with Crippen molar-refractivity contribution in [2.24, 2.45) is 5.92 Å². The Morgan fingerprint density at radius 3 is 2.00 bits per heavy atom. The zero-order chi connectivity index (χ0) is 12.0. The summed E-state index contributed by atoms with van der Waals surface area (Å²) in [6, 6.07) is 3.39. The molecule has 1 aliphatic carbocycles. The van der Waals surface area contributed by atoms with Gasteiger partial charge in [0.05, 0.1) is 0 Å². The molecule has 16 heavy (non-hydrogen) atoms. The third-order valence-corrected chi connectivity index (χ3v) is 8.96. The first-order valence-electron chi connectivity index (χ1n) is 7.03. The topological polar surface area (TPSA) is 29.5 Å². The van der Waals surface area contributed by atoms with Gasteiger partial charge in [-0.2, -0.15) is 0 Å². The molecule has 0 radical (unpaired) electrons. The van der Waals surface area contributed by atoms with E-state index in [-0.39, 0.29) is 0 Å². The van der Waals surface area contributed by atoms with E-state index >= 15 is 0 Å². The predicted molar refractivity (Wildman–Crippen MR) is 70.9 cm³/mol. The van der Waals surface area contributed by atoms with Gasteiger partial charge >= 0.3 is 0 Å². The van der Waals surface area contributed by atoms with Crippen molar-refractivity contribution in [2.45, 2.75) is 77.3 Å². The molecular weight excluding hydrogens is 216 g/mol. The lowest BCUT2D eigenvalue weighted by Crippen LogP contribution is -2.42. The molecule has 1 atom stereocenters. The van der Waals surface area contributed by atoms with Crippen molar-refractivity contribution in [3.8, 4) is 0 Å². The maximum atomic E-state index is 10.2. The fraction of sp³-hybridized carbons (Fsp3) is 1.00. The predicted octanol–water partition coefficient (Wildman–Crippen LogP) is 3.91. The third-order valence-electron chi connectivity index (χ3n) is 4.36. The Labute approximate surface area is 102 Å². The van der Waals surface area contributed by atoms with Crippen LogP contribution >= 0.6 is 0 Å². The summed E-state index contributed by atoms with van der Waals surface area (Å²) in [5, 5.41) is 10.2. The Morgan fingerprint density at radius 1 is 1.06 bits per heavy atom. The zero-order valence-electron chi connectivity index (χ0n) is 11.2. The van der Waals surface area contributed by atoms with Crippen LogP contribution in [-0.2, 0) is 4.43 Å². The Morgan fingerprint density at radius 2 is 1.56 bits per heavy atom. The Kier molecular flexibility index (Phi) is 6.01. The minimum absolute atomic E-state index is 0.408. The highest BCUT2D eigenvalue weighted by Gasteiger charge is 2.34. The second-order valence-corrected chi connectivity index (χ2v) is 9.87. The summed E-state index contributed by atoms with van der Waals surface area (Å²) in [5.74, 6) is 0.408. The number of aliphatic hydroxyl groups excluding tert-OH is 1. The molecular formula is C13H28O2Si. The van der Waals surface area contributed by atoms with Crippen molar-refractivity contribution in [1.29, 1.82) is 0 Å². The normalized spacial score (nSPS) is 21.0. The van der Waals surface area contributed by atoms with Gasteiger partial charge in [0.2, 0.25) is 0 Å². The van der Waals surface area contributed by atoms with E-state index in [9.17, 15) is 5.11 Å². The third kappa shape index (κ3) is 3.57. The fourth-order valence-corrected chi connectivity index (χ4v) is 5.48. The molecule has 1 saturated carbocycles. The first-order valence-corrected chi connectivity index (χ1v) is 9.56. The first-order chi connectivity index (χ1) is 7.67. The lowest BCUT2D eigenvalue weighted by atomic mass is 9.89. The number of hydrogen-bond acceptors (Lipinski definition) is 2. The molecule has 1 unspecified atom stereocenters. The van der Waals surface area contributed by atoms with Gasteiger partial charge in [0, 0.05) is 5.92 Å². The number of aliphatic hydroxyl groups is 1. The summed E-state index contributed by atoms with van der Waals surface area (Å²) in [6.45, 7) is 6.65. The lowest BCUT2D eigenvalue weighted by Gasteiger charge is -2.35. The van der Waals surface area contributed by atoms with Gasteiger partial charge in [-0.1, -0.05) is 40.0 Å². The monoisotopic (exact) mass is 244 g/mol. The van der Waals surface area contributed by atoms with E-state index in [4.69, 9.17) is 4.43 Å². The molecule has 0 saturated heterocycles. The van der Waals surface area contributed by atoms with Gasteiger partial charge in [0.1, 0.15) is 6.29 Å². The molecule has 3 heteroatoms. The van der Waals surface area contributed by atoms with E-state index in [1.54, 1.807) is 0 Å². The van der Waals surface area contributed by atoms with Crippen molar-refractivity contribution in [3.63, 3.8) is 0 Å². The quantitative estimate of drug-likeness (QED) is 0.567. The minimum atomic E-state index is -1.61. The van der Waals surface area contributed by atoms with E-state index in [1.165, 1.54) is 19.3 Å². The smallest absolute Gasteiger partial charge is 0.195 e. The van der Waals surface area contributed by atoms with Gasteiger partial charge in [0.15, 0.2) is 8.32 Å². The van der Waals surface area contributed by atoms with Crippen molar-refractivity contribution < 1.29 is 9.53 Å². The summed E-state index contributed by atoms with van der Waals surface area (Å²) in [4.78, 5) is 0. The molecule has 96 valence electrons. The molecule has 0 spiro atoms. The van der Waals surface area contributed by atoms with Gasteiger partial charge in [-0.3, -0.25) is 0 Å². The van der Waals surface area contributed by atoms with Crippen molar-refractivity contribution in [2.75, 3.05) is 0 Å². The zero-order valence-corrected chi connectivity index (χ0v) is 12.2. The maximum Gasteiger partial charge on any atom is 0.195 e. The Hall–Kier alpha value is 0.137. The molecule has 1 aliphatic rings. The van der Waals surface area contributed by atoms with Crippen molar-refractivity contribution >= 4 is 8.32 Å². The summed E-state index contributed by atoms with van der Waals surface area (Å²) >= 11 is 0. The molecule has 0 aliphatic heterocycles. The van der Waals surface area contributed by atoms with E-state index < -0.39 is 14.6 Å². The highest BCUT2D eigenvalue weighted by molar-refractivity contribution is 6.73. The second kappa shape index (κ2) is 6.77. The van der Waals surface area contributed by atoms with Crippen LogP contribution in [0.1, 0.15) is 52.9 Å². The average molecular weight is 244 g/mol. The SMILES string of the molecule is CC[Si](CC)(CC)OC(O)C1CCCCC1. The summed E-state index contributed by atoms with van der Waals surface area (Å²) in [7, 11) is -1.61. The largest absolute Gasteiger partial charge is 0.392 e. The Bertz CT molecular complexity index is 178. The molecule has 1 N–H and O–H groups in total. The summed E-state index contributed by atoms with van der Waals surface area (Å²) in [5.41, 5.74) is 0. The van der Waals surface area contributed by atoms with Crippen LogP contribution in [0, 0.1) is 5.92 Å². The van der Waals surface area contributed by atoms with Gasteiger partial charge in [0.25, 0.3) is 0 Å².